The molecule has 2 aromatic carbocycles. The maximum atomic E-state index is 13.4. The van der Waals surface area contributed by atoms with Gasteiger partial charge in [-0.15, -0.1) is 0 Å². The Bertz CT molecular complexity index is 1170. The van der Waals surface area contributed by atoms with Gasteiger partial charge < -0.3 is 5.32 Å². The van der Waals surface area contributed by atoms with Gasteiger partial charge in [-0.25, -0.2) is 24.3 Å². The number of benzene rings is 2. The highest BCUT2D eigenvalue weighted by Gasteiger charge is 2.22. The van der Waals surface area contributed by atoms with Gasteiger partial charge in [0.1, 0.15) is 12.1 Å². The SMILES string of the molecule is Cc1ncnc2ccc(-c3cnc(NC4CC4)nc3-c3ccc(F)cc3)cc12. The van der Waals surface area contributed by atoms with Crippen molar-refractivity contribution in [1.82, 2.24) is 19.9 Å². The highest BCUT2D eigenvalue weighted by molar-refractivity contribution is 5.89. The van der Waals surface area contributed by atoms with E-state index in [0.29, 0.717) is 12.0 Å². The summed E-state index contributed by atoms with van der Waals surface area (Å²) >= 11 is 0. The topological polar surface area (TPSA) is 63.6 Å². The number of anilines is 1. The predicted octanol–water partition coefficient (Wildman–Crippen LogP) is 4.78. The van der Waals surface area contributed by atoms with Gasteiger partial charge in [-0.1, -0.05) is 6.07 Å². The molecule has 5 rings (SSSR count). The highest BCUT2D eigenvalue weighted by atomic mass is 19.1. The van der Waals surface area contributed by atoms with Crippen molar-refractivity contribution in [1.29, 1.82) is 0 Å². The Labute approximate surface area is 161 Å². The predicted molar refractivity (Wildman–Crippen MR) is 107 cm³/mol. The summed E-state index contributed by atoms with van der Waals surface area (Å²) in [5, 5.41) is 4.33. The molecule has 1 aliphatic carbocycles. The van der Waals surface area contributed by atoms with Crippen LogP contribution in [-0.4, -0.2) is 26.0 Å². The van der Waals surface area contributed by atoms with E-state index in [2.05, 4.69) is 26.3 Å². The van der Waals surface area contributed by atoms with Crippen LogP contribution in [0.2, 0.25) is 0 Å². The first-order valence-electron chi connectivity index (χ1n) is 9.28. The zero-order valence-corrected chi connectivity index (χ0v) is 15.4. The van der Waals surface area contributed by atoms with Crippen LogP contribution in [0.3, 0.4) is 0 Å². The van der Waals surface area contributed by atoms with Crippen LogP contribution >= 0.6 is 0 Å². The Morgan fingerprint density at radius 2 is 1.75 bits per heavy atom. The molecule has 0 unspecified atom stereocenters. The summed E-state index contributed by atoms with van der Waals surface area (Å²) in [6.45, 7) is 1.97. The number of aryl methyl sites for hydroxylation is 1. The number of halogens is 1. The van der Waals surface area contributed by atoms with Gasteiger partial charge in [0.2, 0.25) is 5.95 Å². The molecular formula is C22H18FN5. The first kappa shape index (κ1) is 16.7. The fourth-order valence-corrected chi connectivity index (χ4v) is 3.25. The molecule has 138 valence electrons. The Morgan fingerprint density at radius 1 is 0.964 bits per heavy atom. The molecule has 1 fully saturated rings. The summed E-state index contributed by atoms with van der Waals surface area (Å²) in [6.07, 6.45) is 5.68. The van der Waals surface area contributed by atoms with E-state index < -0.39 is 0 Å². The third-order valence-corrected chi connectivity index (χ3v) is 4.96. The van der Waals surface area contributed by atoms with Gasteiger partial charge in [-0.2, -0.15) is 0 Å². The van der Waals surface area contributed by atoms with Crippen LogP contribution in [-0.2, 0) is 0 Å². The van der Waals surface area contributed by atoms with Crippen molar-refractivity contribution >= 4 is 16.9 Å². The van der Waals surface area contributed by atoms with Crippen LogP contribution in [0.4, 0.5) is 10.3 Å². The molecule has 28 heavy (non-hydrogen) atoms. The number of hydrogen-bond acceptors (Lipinski definition) is 5. The summed E-state index contributed by atoms with van der Waals surface area (Å²) in [5.74, 6) is 0.333. The smallest absolute Gasteiger partial charge is 0.223 e. The molecule has 1 aliphatic rings. The maximum Gasteiger partial charge on any atom is 0.223 e. The van der Waals surface area contributed by atoms with Crippen LogP contribution in [0.5, 0.6) is 0 Å². The normalized spacial score (nSPS) is 13.6. The monoisotopic (exact) mass is 371 g/mol. The van der Waals surface area contributed by atoms with Gasteiger partial charge in [0.25, 0.3) is 0 Å². The number of nitrogens with zero attached hydrogens (tertiary/aromatic N) is 4. The minimum atomic E-state index is -0.269. The first-order chi connectivity index (χ1) is 13.7. The van der Waals surface area contributed by atoms with E-state index in [1.807, 2.05) is 25.3 Å². The second-order valence-corrected chi connectivity index (χ2v) is 7.07. The Kier molecular flexibility index (Phi) is 3.97. The minimum absolute atomic E-state index is 0.269. The van der Waals surface area contributed by atoms with E-state index in [1.165, 1.54) is 12.1 Å². The van der Waals surface area contributed by atoms with Gasteiger partial charge in [0.05, 0.1) is 11.2 Å². The average Bonchev–Trinajstić information content (AvgIpc) is 3.53. The zero-order valence-electron chi connectivity index (χ0n) is 15.4. The molecule has 1 saturated carbocycles. The van der Waals surface area contributed by atoms with E-state index in [9.17, 15) is 4.39 Å². The van der Waals surface area contributed by atoms with Gasteiger partial charge in [-0.3, -0.25) is 0 Å². The van der Waals surface area contributed by atoms with Crippen molar-refractivity contribution in [3.63, 3.8) is 0 Å². The standard InChI is InChI=1S/C22H18FN5/c1-13-18-10-15(4-9-20(18)26-12-25-13)19-11-24-22(27-17-7-8-17)28-21(19)14-2-5-16(23)6-3-14/h2-6,9-12,17H,7-8H2,1H3,(H,24,27,28). The number of fused-ring (bicyclic) bond motifs is 1. The Hall–Kier alpha value is -3.41. The van der Waals surface area contributed by atoms with Gasteiger partial charge >= 0.3 is 0 Å². The fourth-order valence-electron chi connectivity index (χ4n) is 3.25. The lowest BCUT2D eigenvalue weighted by atomic mass is 9.99. The molecule has 0 atom stereocenters. The molecule has 2 aromatic heterocycles. The minimum Gasteiger partial charge on any atom is -0.351 e. The summed E-state index contributed by atoms with van der Waals surface area (Å²) < 4.78 is 13.4. The molecular weight excluding hydrogens is 353 g/mol. The van der Waals surface area contributed by atoms with Crippen molar-refractivity contribution in [2.45, 2.75) is 25.8 Å². The van der Waals surface area contributed by atoms with Gasteiger partial charge in [-0.05, 0) is 61.7 Å². The fraction of sp³-hybridized carbons (Fsp3) is 0.182. The van der Waals surface area contributed by atoms with E-state index >= 15 is 0 Å². The number of nitrogens with one attached hydrogen (secondary N) is 1. The molecule has 0 aliphatic heterocycles. The molecule has 1 N–H and O–H groups in total. The third kappa shape index (κ3) is 3.17. The molecule has 0 radical (unpaired) electrons. The van der Waals surface area contributed by atoms with Crippen LogP contribution in [0.15, 0.2) is 55.0 Å². The summed E-state index contributed by atoms with van der Waals surface area (Å²) in [7, 11) is 0. The molecule has 0 bridgehead atoms. The molecule has 6 heteroatoms. The Balaban J connectivity index is 1.67. The molecule has 0 spiro atoms. The molecule has 2 heterocycles. The summed E-state index contributed by atoms with van der Waals surface area (Å²) in [6, 6.07) is 12.9. The number of hydrogen-bond donors (Lipinski definition) is 1. The summed E-state index contributed by atoms with van der Waals surface area (Å²) in [4.78, 5) is 17.9. The third-order valence-electron chi connectivity index (χ3n) is 4.96. The van der Waals surface area contributed by atoms with E-state index in [0.717, 1.165) is 51.8 Å². The molecule has 0 amide bonds. The molecule has 4 aromatic rings. The van der Waals surface area contributed by atoms with Crippen molar-refractivity contribution in [2.75, 3.05) is 5.32 Å². The lowest BCUT2D eigenvalue weighted by Gasteiger charge is -2.12. The van der Waals surface area contributed by atoms with Crippen LogP contribution in [0.25, 0.3) is 33.3 Å². The van der Waals surface area contributed by atoms with E-state index in [1.54, 1.807) is 18.5 Å². The summed E-state index contributed by atoms with van der Waals surface area (Å²) in [5.41, 5.74) is 5.29. The van der Waals surface area contributed by atoms with Crippen molar-refractivity contribution < 1.29 is 4.39 Å². The first-order valence-corrected chi connectivity index (χ1v) is 9.28. The second kappa shape index (κ2) is 6.64. The molecule has 5 nitrogen and oxygen atoms in total. The Morgan fingerprint density at radius 3 is 2.54 bits per heavy atom. The quantitative estimate of drug-likeness (QED) is 0.559. The number of rotatable bonds is 4. The lowest BCUT2D eigenvalue weighted by Crippen LogP contribution is -2.06. The van der Waals surface area contributed by atoms with Crippen LogP contribution in [0, 0.1) is 12.7 Å². The zero-order chi connectivity index (χ0) is 19.1. The van der Waals surface area contributed by atoms with Crippen molar-refractivity contribution in [2.24, 2.45) is 0 Å². The van der Waals surface area contributed by atoms with Gasteiger partial charge in [0.15, 0.2) is 0 Å². The highest BCUT2D eigenvalue weighted by Crippen LogP contribution is 2.33. The second-order valence-electron chi connectivity index (χ2n) is 7.07. The maximum absolute atomic E-state index is 13.4. The largest absolute Gasteiger partial charge is 0.351 e. The lowest BCUT2D eigenvalue weighted by molar-refractivity contribution is 0.628. The van der Waals surface area contributed by atoms with Crippen molar-refractivity contribution in [3.05, 3.63) is 66.5 Å². The van der Waals surface area contributed by atoms with Crippen LogP contribution < -0.4 is 5.32 Å². The van der Waals surface area contributed by atoms with Gasteiger partial charge in [0, 0.05) is 34.4 Å². The van der Waals surface area contributed by atoms with Crippen LogP contribution in [0.1, 0.15) is 18.5 Å². The number of aromatic nitrogens is 4. The van der Waals surface area contributed by atoms with E-state index in [-0.39, 0.29) is 5.82 Å². The van der Waals surface area contributed by atoms with Crippen molar-refractivity contribution in [3.8, 4) is 22.4 Å². The molecule has 0 saturated heterocycles. The van der Waals surface area contributed by atoms with E-state index in [4.69, 9.17) is 4.98 Å². The average molecular weight is 371 g/mol.